The second kappa shape index (κ2) is 10.5. The van der Waals surface area contributed by atoms with Gasteiger partial charge in [-0.05, 0) is 49.9 Å². The van der Waals surface area contributed by atoms with E-state index in [1.807, 2.05) is 0 Å². The van der Waals surface area contributed by atoms with E-state index >= 15 is 0 Å². The minimum absolute atomic E-state index is 0.938. The predicted octanol–water partition coefficient (Wildman–Crippen LogP) is 5.75. The van der Waals surface area contributed by atoms with Crippen LogP contribution in [0.15, 0.2) is 30.3 Å². The molecule has 1 rings (SSSR count). The molecule has 7 heteroatoms. The van der Waals surface area contributed by atoms with Crippen molar-refractivity contribution in [1.82, 2.24) is 0 Å². The van der Waals surface area contributed by atoms with Crippen molar-refractivity contribution in [1.29, 1.82) is 0 Å². The molecule has 0 bridgehead atoms. The van der Waals surface area contributed by atoms with Gasteiger partial charge in [0.05, 0.1) is 0 Å². The summed E-state index contributed by atoms with van der Waals surface area (Å²) in [4.78, 5) is 0. The summed E-state index contributed by atoms with van der Waals surface area (Å²) in [6.45, 7) is 18.1. The van der Waals surface area contributed by atoms with Gasteiger partial charge in [-0.1, -0.05) is 65.0 Å². The summed E-state index contributed by atoms with van der Waals surface area (Å²) in [6, 6.07) is 16.1. The Kier molecular flexibility index (Phi) is 9.69. The van der Waals surface area contributed by atoms with Crippen molar-refractivity contribution in [3.05, 3.63) is 30.3 Å². The van der Waals surface area contributed by atoms with Crippen LogP contribution in [0.3, 0.4) is 0 Å². The fraction of sp³-hybridized carbons (Fsp3) is 0.684. The molecule has 0 aliphatic carbocycles. The smallest absolute Gasteiger partial charge is 0.414 e. The van der Waals surface area contributed by atoms with Crippen LogP contribution in [0.1, 0.15) is 34.6 Å². The van der Waals surface area contributed by atoms with E-state index < -0.39 is 34.5 Å². The van der Waals surface area contributed by atoms with Gasteiger partial charge in [-0.3, -0.25) is 0 Å². The van der Waals surface area contributed by atoms with Crippen LogP contribution in [0.5, 0.6) is 0 Å². The first-order valence-electron chi connectivity index (χ1n) is 10.2. The van der Waals surface area contributed by atoms with Gasteiger partial charge in [0.25, 0.3) is 0 Å². The van der Waals surface area contributed by atoms with Crippen LogP contribution < -0.4 is 5.19 Å². The van der Waals surface area contributed by atoms with Crippen LogP contribution in [0, 0.1) is 0 Å². The predicted molar refractivity (Wildman–Crippen MR) is 122 cm³/mol. The molecule has 0 spiro atoms. The van der Waals surface area contributed by atoms with E-state index in [0.717, 1.165) is 35.4 Å². The summed E-state index contributed by atoms with van der Waals surface area (Å²) in [7, 11) is -7.61. The van der Waals surface area contributed by atoms with E-state index in [1.54, 1.807) is 0 Å². The monoisotopic (exact) mass is 427 g/mol. The summed E-state index contributed by atoms with van der Waals surface area (Å²) in [6.07, 6.45) is 0. The zero-order valence-electron chi connectivity index (χ0n) is 18.1. The first-order chi connectivity index (χ1) is 12.2. The molecule has 0 aliphatic heterocycles. The van der Waals surface area contributed by atoms with Crippen molar-refractivity contribution in [3.8, 4) is 0 Å². The molecule has 149 valence electrons. The summed E-state index contributed by atoms with van der Waals surface area (Å²) < 4.78 is 21.0. The molecule has 0 aliphatic rings. The van der Waals surface area contributed by atoms with E-state index in [9.17, 15) is 0 Å². The van der Waals surface area contributed by atoms with Gasteiger partial charge in [-0.2, -0.15) is 0 Å². The zero-order chi connectivity index (χ0) is 19.8. The third-order valence-electron chi connectivity index (χ3n) is 4.92. The number of hydrogen-bond donors (Lipinski definition) is 0. The Morgan fingerprint density at radius 1 is 0.769 bits per heavy atom. The summed E-state index contributed by atoms with van der Waals surface area (Å²) in [5, 5.41) is 1.15. The Morgan fingerprint density at radius 3 is 1.65 bits per heavy atom. The van der Waals surface area contributed by atoms with Crippen LogP contribution >= 0.6 is 0 Å². The third kappa shape index (κ3) is 6.54. The zero-order valence-corrected chi connectivity index (χ0v) is 22.1. The van der Waals surface area contributed by atoms with Crippen LogP contribution in [0.25, 0.3) is 0 Å². The maximum Gasteiger partial charge on any atom is 0.505 e. The lowest BCUT2D eigenvalue weighted by atomic mass is 10.4. The molecule has 0 aromatic heterocycles. The molecule has 0 saturated carbocycles. The van der Waals surface area contributed by atoms with Crippen molar-refractivity contribution in [2.45, 2.75) is 84.5 Å². The lowest BCUT2D eigenvalue weighted by Crippen LogP contribution is -2.67. The summed E-state index contributed by atoms with van der Waals surface area (Å²) in [5.41, 5.74) is 0. The Labute approximate surface area is 166 Å². The van der Waals surface area contributed by atoms with Crippen molar-refractivity contribution in [2.24, 2.45) is 0 Å². The molecule has 0 fully saturated rings. The molecule has 0 N–H and O–H groups in total. The van der Waals surface area contributed by atoms with Gasteiger partial charge >= 0.3 is 8.80 Å². The topological polar surface area (TPSA) is 27.7 Å². The molecule has 1 atom stereocenters. The SMILES string of the molecule is CC[Si](CC)O[Si](O[Si](C)(C)C)(O[Si](CC)(CC)CC)c1ccccc1. The van der Waals surface area contributed by atoms with Gasteiger partial charge in [0.15, 0.2) is 16.6 Å². The number of rotatable bonds is 12. The van der Waals surface area contributed by atoms with Gasteiger partial charge in [0, 0.05) is 5.19 Å². The Hall–Kier alpha value is -0.0325. The Morgan fingerprint density at radius 2 is 1.27 bits per heavy atom. The van der Waals surface area contributed by atoms with Gasteiger partial charge < -0.3 is 12.3 Å². The van der Waals surface area contributed by atoms with E-state index in [2.05, 4.69) is 84.6 Å². The largest absolute Gasteiger partial charge is 0.505 e. The van der Waals surface area contributed by atoms with Crippen LogP contribution in [-0.2, 0) is 12.3 Å². The molecule has 1 aromatic carbocycles. The molecule has 3 nitrogen and oxygen atoms in total. The van der Waals surface area contributed by atoms with Gasteiger partial charge in [-0.25, -0.2) is 0 Å². The molecular weight excluding hydrogens is 389 g/mol. The maximum absolute atomic E-state index is 7.16. The molecule has 0 amide bonds. The van der Waals surface area contributed by atoms with Gasteiger partial charge in [-0.15, -0.1) is 0 Å². The molecular formula is C19H39O3Si4. The number of hydrogen-bond acceptors (Lipinski definition) is 3. The van der Waals surface area contributed by atoms with Crippen LogP contribution in [0.4, 0.5) is 0 Å². The van der Waals surface area contributed by atoms with E-state index in [-0.39, 0.29) is 0 Å². The second-order valence-corrected chi connectivity index (χ2v) is 23.2. The third-order valence-corrected chi connectivity index (χ3v) is 20.0. The quantitative estimate of drug-likeness (QED) is 0.397. The highest BCUT2D eigenvalue weighted by molar-refractivity contribution is 6.94. The highest BCUT2D eigenvalue weighted by atomic mass is 28.5. The lowest BCUT2D eigenvalue weighted by molar-refractivity contribution is 0.271. The molecule has 1 aromatic rings. The van der Waals surface area contributed by atoms with Crippen molar-refractivity contribution in [2.75, 3.05) is 0 Å². The van der Waals surface area contributed by atoms with Crippen molar-refractivity contribution in [3.63, 3.8) is 0 Å². The van der Waals surface area contributed by atoms with E-state index in [0.29, 0.717) is 0 Å². The molecule has 1 radical (unpaired) electrons. The maximum atomic E-state index is 7.16. The normalized spacial score (nSPS) is 15.3. The Balaban J connectivity index is 3.51. The van der Waals surface area contributed by atoms with Crippen molar-refractivity contribution >= 4 is 39.7 Å². The minimum atomic E-state index is -2.94. The second-order valence-electron chi connectivity index (χ2n) is 7.83. The van der Waals surface area contributed by atoms with Gasteiger partial charge in [0.2, 0.25) is 9.04 Å². The molecule has 0 heterocycles. The van der Waals surface area contributed by atoms with E-state index in [1.165, 1.54) is 0 Å². The van der Waals surface area contributed by atoms with Crippen molar-refractivity contribution < 1.29 is 12.3 Å². The first-order valence-corrected chi connectivity index (χ1v) is 19.7. The van der Waals surface area contributed by atoms with E-state index in [4.69, 9.17) is 12.3 Å². The molecule has 26 heavy (non-hydrogen) atoms. The highest BCUT2D eigenvalue weighted by Crippen LogP contribution is 2.30. The van der Waals surface area contributed by atoms with Gasteiger partial charge in [0.1, 0.15) is 0 Å². The molecule has 1 unspecified atom stereocenters. The average Bonchev–Trinajstić information content (AvgIpc) is 2.63. The number of benzene rings is 1. The fourth-order valence-electron chi connectivity index (χ4n) is 3.12. The highest BCUT2D eigenvalue weighted by Gasteiger charge is 2.52. The average molecular weight is 428 g/mol. The minimum Gasteiger partial charge on any atom is -0.414 e. The Bertz CT molecular complexity index is 505. The summed E-state index contributed by atoms with van der Waals surface area (Å²) in [5.74, 6) is 0. The standard InChI is InChI=1S/C19H39O3Si4/c1-9-23(10-2)20-26(21-24(6,7)8,19-17-15-14-16-18-19)22-25(11-3,12-4)13-5/h14-18H,9-13H2,1-8H3. The van der Waals surface area contributed by atoms with Crippen LogP contribution in [-0.4, -0.2) is 34.5 Å². The summed E-state index contributed by atoms with van der Waals surface area (Å²) >= 11 is 0. The lowest BCUT2D eigenvalue weighted by Gasteiger charge is -2.43. The van der Waals surface area contributed by atoms with Crippen LogP contribution in [0.2, 0.25) is 49.9 Å². The molecule has 0 saturated heterocycles. The fourth-order valence-corrected chi connectivity index (χ4v) is 18.7. The first kappa shape index (κ1) is 24.0.